The second-order valence-corrected chi connectivity index (χ2v) is 6.86. The number of piperidine rings is 1. The van der Waals surface area contributed by atoms with Crippen molar-refractivity contribution in [3.8, 4) is 0 Å². The van der Waals surface area contributed by atoms with Crippen LogP contribution in [0.15, 0.2) is 18.5 Å². The Kier molecular flexibility index (Phi) is 4.24. The molecule has 3 heteroatoms. The van der Waals surface area contributed by atoms with Gasteiger partial charge in [0.15, 0.2) is 0 Å². The van der Waals surface area contributed by atoms with Crippen molar-refractivity contribution in [2.45, 2.75) is 45.2 Å². The summed E-state index contributed by atoms with van der Waals surface area (Å²) in [5, 5.41) is 0. The van der Waals surface area contributed by atoms with E-state index in [4.69, 9.17) is 0 Å². The van der Waals surface area contributed by atoms with E-state index in [1.807, 2.05) is 19.4 Å². The van der Waals surface area contributed by atoms with E-state index in [2.05, 4.69) is 36.7 Å². The lowest BCUT2D eigenvalue weighted by Gasteiger charge is -2.32. The van der Waals surface area contributed by atoms with Crippen molar-refractivity contribution >= 4 is 0 Å². The summed E-state index contributed by atoms with van der Waals surface area (Å²) in [7, 11) is 1.99. The minimum atomic E-state index is -0.711. The van der Waals surface area contributed by atoms with Gasteiger partial charge in [-0.2, -0.15) is 0 Å². The molecule has 0 aromatic carbocycles. The number of hydrogen-bond donors (Lipinski definition) is 0. The van der Waals surface area contributed by atoms with E-state index in [0.29, 0.717) is 6.54 Å². The van der Waals surface area contributed by atoms with Crippen LogP contribution in [-0.4, -0.2) is 36.2 Å². The highest BCUT2D eigenvalue weighted by Crippen LogP contribution is 2.26. The quantitative estimate of drug-likeness (QED) is 0.815. The van der Waals surface area contributed by atoms with Gasteiger partial charge in [-0.15, -0.1) is 0 Å². The van der Waals surface area contributed by atoms with Crippen LogP contribution in [0, 0.1) is 5.92 Å². The summed E-state index contributed by atoms with van der Waals surface area (Å²) in [5.41, 5.74) is 2.50. The molecule has 2 heterocycles. The van der Waals surface area contributed by atoms with Crippen LogP contribution < -0.4 is 0 Å². The molecule has 106 valence electrons. The number of halogens is 1. The first-order valence-corrected chi connectivity index (χ1v) is 7.13. The molecule has 0 amide bonds. The number of alkyl halides is 1. The molecule has 0 saturated carbocycles. The molecular weight excluding hydrogens is 239 g/mol. The molecule has 0 radical (unpaired) electrons. The lowest BCUT2D eigenvalue weighted by Crippen LogP contribution is -2.40. The molecule has 2 rings (SSSR count). The number of nitrogens with zero attached hydrogens (tertiary/aromatic N) is 2. The first-order chi connectivity index (χ1) is 8.86. The Morgan fingerprint density at radius 2 is 2.11 bits per heavy atom. The molecule has 1 saturated heterocycles. The molecule has 2 atom stereocenters. The molecule has 1 aromatic rings. The summed E-state index contributed by atoms with van der Waals surface area (Å²) in [6, 6.07) is 2.19. The van der Waals surface area contributed by atoms with E-state index in [1.165, 1.54) is 11.1 Å². The van der Waals surface area contributed by atoms with Crippen LogP contribution in [0.3, 0.4) is 0 Å². The minimum absolute atomic E-state index is 0.102. The van der Waals surface area contributed by atoms with Crippen LogP contribution in [0.5, 0.6) is 0 Å². The van der Waals surface area contributed by atoms with Gasteiger partial charge in [0.2, 0.25) is 0 Å². The summed E-state index contributed by atoms with van der Waals surface area (Å²) in [6.45, 7) is 8.11. The van der Waals surface area contributed by atoms with Crippen molar-refractivity contribution in [2.24, 2.45) is 5.92 Å². The number of rotatable bonds is 2. The molecule has 1 aliphatic heterocycles. The number of likely N-dealkylation sites (tertiary alicyclic amines) is 1. The Hall–Kier alpha value is -0.960. The van der Waals surface area contributed by atoms with E-state index >= 15 is 0 Å². The lowest BCUT2D eigenvalue weighted by atomic mass is 9.85. The van der Waals surface area contributed by atoms with Crippen molar-refractivity contribution in [3.05, 3.63) is 29.6 Å². The van der Waals surface area contributed by atoms with E-state index in [-0.39, 0.29) is 11.3 Å². The zero-order valence-corrected chi connectivity index (χ0v) is 12.5. The van der Waals surface area contributed by atoms with Gasteiger partial charge in [-0.05, 0) is 48.9 Å². The predicted molar refractivity (Wildman–Crippen MR) is 77.1 cm³/mol. The van der Waals surface area contributed by atoms with Gasteiger partial charge >= 0.3 is 0 Å². The van der Waals surface area contributed by atoms with Gasteiger partial charge in [-0.3, -0.25) is 4.98 Å². The van der Waals surface area contributed by atoms with Gasteiger partial charge in [0.05, 0.1) is 0 Å². The maximum absolute atomic E-state index is 14.1. The van der Waals surface area contributed by atoms with Crippen LogP contribution in [0.4, 0.5) is 4.39 Å². The number of pyridine rings is 1. The zero-order valence-electron chi connectivity index (χ0n) is 12.5. The monoisotopic (exact) mass is 264 g/mol. The SMILES string of the molecule is CN1CCC(Cc2cncc(C(C)(C)C)c2)[C@H](F)C1. The van der Waals surface area contributed by atoms with Crippen LogP contribution in [0.1, 0.15) is 38.3 Å². The third kappa shape index (κ3) is 3.75. The van der Waals surface area contributed by atoms with Crippen LogP contribution in [-0.2, 0) is 11.8 Å². The summed E-state index contributed by atoms with van der Waals surface area (Å²) in [6.07, 6.45) is 4.85. The molecule has 1 aromatic heterocycles. The maximum Gasteiger partial charge on any atom is 0.116 e. The highest BCUT2D eigenvalue weighted by molar-refractivity contribution is 5.24. The molecule has 19 heavy (non-hydrogen) atoms. The van der Waals surface area contributed by atoms with Crippen molar-refractivity contribution in [3.63, 3.8) is 0 Å². The summed E-state index contributed by atoms with van der Waals surface area (Å²) in [4.78, 5) is 6.40. The highest BCUT2D eigenvalue weighted by Gasteiger charge is 2.27. The van der Waals surface area contributed by atoms with Crippen LogP contribution in [0.2, 0.25) is 0 Å². The maximum atomic E-state index is 14.1. The normalized spacial score (nSPS) is 25.5. The molecule has 2 nitrogen and oxygen atoms in total. The van der Waals surface area contributed by atoms with Crippen molar-refractivity contribution in [1.29, 1.82) is 0 Å². The summed E-state index contributed by atoms with van der Waals surface area (Å²) < 4.78 is 14.1. The van der Waals surface area contributed by atoms with Gasteiger partial charge in [0.25, 0.3) is 0 Å². The van der Waals surface area contributed by atoms with Crippen LogP contribution in [0.25, 0.3) is 0 Å². The van der Waals surface area contributed by atoms with Gasteiger partial charge < -0.3 is 4.90 Å². The Balaban J connectivity index is 2.07. The topological polar surface area (TPSA) is 16.1 Å². The number of aromatic nitrogens is 1. The van der Waals surface area contributed by atoms with Crippen LogP contribution >= 0.6 is 0 Å². The van der Waals surface area contributed by atoms with Gasteiger partial charge in [0.1, 0.15) is 6.17 Å². The third-order valence-corrected chi connectivity index (χ3v) is 4.04. The van der Waals surface area contributed by atoms with Gasteiger partial charge in [0, 0.05) is 18.9 Å². The fourth-order valence-corrected chi connectivity index (χ4v) is 2.65. The average molecular weight is 264 g/mol. The Morgan fingerprint density at radius 3 is 2.74 bits per heavy atom. The van der Waals surface area contributed by atoms with Gasteiger partial charge in [-0.1, -0.05) is 26.8 Å². The summed E-state index contributed by atoms with van der Waals surface area (Å²) >= 11 is 0. The first kappa shape index (κ1) is 14.4. The van der Waals surface area contributed by atoms with E-state index in [1.54, 1.807) is 0 Å². The summed E-state index contributed by atoms with van der Waals surface area (Å²) in [5.74, 6) is 0.146. The number of hydrogen-bond acceptors (Lipinski definition) is 2. The highest BCUT2D eigenvalue weighted by atomic mass is 19.1. The molecule has 1 unspecified atom stereocenters. The second-order valence-electron chi connectivity index (χ2n) is 6.86. The van der Waals surface area contributed by atoms with E-state index < -0.39 is 6.17 Å². The fraction of sp³-hybridized carbons (Fsp3) is 0.688. The Bertz CT molecular complexity index is 425. The molecule has 0 aliphatic carbocycles. The second kappa shape index (κ2) is 5.58. The Morgan fingerprint density at radius 1 is 1.37 bits per heavy atom. The van der Waals surface area contributed by atoms with Crippen molar-refractivity contribution < 1.29 is 4.39 Å². The average Bonchev–Trinajstić information content (AvgIpc) is 2.32. The fourth-order valence-electron chi connectivity index (χ4n) is 2.65. The van der Waals surface area contributed by atoms with E-state index in [0.717, 1.165) is 19.4 Å². The molecular formula is C16H25FN2. The Labute approximate surface area is 116 Å². The molecule has 0 N–H and O–H groups in total. The molecule has 0 spiro atoms. The molecule has 1 fully saturated rings. The third-order valence-electron chi connectivity index (χ3n) is 4.04. The van der Waals surface area contributed by atoms with Crippen molar-refractivity contribution in [2.75, 3.05) is 20.1 Å². The van der Waals surface area contributed by atoms with Gasteiger partial charge in [-0.25, -0.2) is 4.39 Å². The zero-order chi connectivity index (χ0) is 14.0. The lowest BCUT2D eigenvalue weighted by molar-refractivity contribution is 0.102. The molecule has 0 bridgehead atoms. The largest absolute Gasteiger partial charge is 0.303 e. The standard InChI is InChI=1S/C16H25FN2/c1-16(2,3)14-8-12(9-18-10-14)7-13-5-6-19(4)11-15(13)17/h8-10,13,15H,5-7,11H2,1-4H3/t13?,15-/m1/s1. The predicted octanol–water partition coefficient (Wildman–Crippen LogP) is 3.21. The minimum Gasteiger partial charge on any atom is -0.303 e. The van der Waals surface area contributed by atoms with Crippen molar-refractivity contribution in [1.82, 2.24) is 9.88 Å². The van der Waals surface area contributed by atoms with E-state index in [9.17, 15) is 4.39 Å². The molecule has 1 aliphatic rings. The first-order valence-electron chi connectivity index (χ1n) is 7.13. The smallest absolute Gasteiger partial charge is 0.116 e.